The van der Waals surface area contributed by atoms with Crippen LogP contribution in [0.1, 0.15) is 5.56 Å². The van der Waals surface area contributed by atoms with Crippen LogP contribution in [0.2, 0.25) is 0 Å². The molecule has 0 unspecified atom stereocenters. The van der Waals surface area contributed by atoms with Gasteiger partial charge in [0.2, 0.25) is 0 Å². The molecule has 1 aromatic heterocycles. The summed E-state index contributed by atoms with van der Waals surface area (Å²) in [6, 6.07) is 8.34. The number of rotatable bonds is 5. The van der Waals surface area contributed by atoms with Gasteiger partial charge in [-0.25, -0.2) is 4.98 Å². The van der Waals surface area contributed by atoms with E-state index in [1.165, 1.54) is 36.5 Å². The van der Waals surface area contributed by atoms with Crippen molar-refractivity contribution in [3.05, 3.63) is 58.3 Å². The van der Waals surface area contributed by atoms with Gasteiger partial charge in [0.1, 0.15) is 16.9 Å². The van der Waals surface area contributed by atoms with Gasteiger partial charge >= 0.3 is 29.6 Å². The molecular weight excluding hydrogens is 335 g/mol. The summed E-state index contributed by atoms with van der Waals surface area (Å²) in [5, 5.41) is 14.3. The smallest absolute Gasteiger partial charge is 0.282 e. The number of hydrogen-bond donors (Lipinski definition) is 2. The zero-order valence-corrected chi connectivity index (χ0v) is 14.8. The van der Waals surface area contributed by atoms with Crippen molar-refractivity contribution >= 4 is 27.8 Å². The van der Waals surface area contributed by atoms with Crippen LogP contribution >= 0.6 is 0 Å². The SMILES string of the molecule is O=[N+]([O-])c1ccc(N/N=C\c2ccccc2S(=O)(=O)O)nc1.[Na+]. The van der Waals surface area contributed by atoms with Crippen LogP contribution in [0, 0.1) is 10.1 Å². The number of benzene rings is 1. The van der Waals surface area contributed by atoms with Crippen molar-refractivity contribution in [2.24, 2.45) is 5.10 Å². The van der Waals surface area contributed by atoms with E-state index in [0.717, 1.165) is 6.20 Å². The molecule has 0 spiro atoms. The first-order valence-corrected chi connectivity index (χ1v) is 7.28. The quantitative estimate of drug-likeness (QED) is 0.226. The van der Waals surface area contributed by atoms with E-state index in [9.17, 15) is 18.5 Å². The maximum absolute atomic E-state index is 11.2. The van der Waals surface area contributed by atoms with Gasteiger partial charge in [0.15, 0.2) is 0 Å². The summed E-state index contributed by atoms with van der Waals surface area (Å²) in [4.78, 5) is 13.4. The average Bonchev–Trinajstić information content (AvgIpc) is 2.47. The van der Waals surface area contributed by atoms with E-state index in [2.05, 4.69) is 15.5 Å². The topological polar surface area (TPSA) is 135 Å². The molecule has 1 heterocycles. The number of aromatic nitrogens is 1. The first-order valence-electron chi connectivity index (χ1n) is 5.84. The van der Waals surface area contributed by atoms with Crippen LogP contribution < -0.4 is 35.0 Å². The van der Waals surface area contributed by atoms with E-state index in [-0.39, 0.29) is 51.5 Å². The van der Waals surface area contributed by atoms with Crippen molar-refractivity contribution in [3.8, 4) is 0 Å². The number of hydrazone groups is 1. The Morgan fingerprint density at radius 1 is 1.26 bits per heavy atom. The van der Waals surface area contributed by atoms with E-state index in [1.54, 1.807) is 6.07 Å². The summed E-state index contributed by atoms with van der Waals surface area (Å²) in [6.07, 6.45) is 2.25. The van der Waals surface area contributed by atoms with Gasteiger partial charge in [-0.05, 0) is 12.1 Å². The molecule has 1 aromatic carbocycles. The van der Waals surface area contributed by atoms with Gasteiger partial charge in [-0.15, -0.1) is 0 Å². The Bertz CT molecular complexity index is 824. The van der Waals surface area contributed by atoms with Crippen LogP contribution in [0.15, 0.2) is 52.6 Å². The summed E-state index contributed by atoms with van der Waals surface area (Å²) in [7, 11) is -4.35. The molecule has 0 amide bonds. The Balaban J connectivity index is 0.00000264. The van der Waals surface area contributed by atoms with Crippen molar-refractivity contribution in [3.63, 3.8) is 0 Å². The zero-order valence-electron chi connectivity index (χ0n) is 11.9. The molecule has 0 aliphatic heterocycles. The average molecular weight is 345 g/mol. The van der Waals surface area contributed by atoms with Gasteiger partial charge in [0.05, 0.1) is 11.1 Å². The van der Waals surface area contributed by atoms with Gasteiger partial charge < -0.3 is 0 Å². The summed E-state index contributed by atoms with van der Waals surface area (Å²) in [5.41, 5.74) is 2.52. The van der Waals surface area contributed by atoms with Crippen LogP contribution in [0.4, 0.5) is 11.5 Å². The molecule has 114 valence electrons. The molecule has 11 heteroatoms. The minimum Gasteiger partial charge on any atom is -0.282 e. The number of nitrogens with zero attached hydrogens (tertiary/aromatic N) is 3. The summed E-state index contributed by atoms with van der Waals surface area (Å²) < 4.78 is 31.5. The van der Waals surface area contributed by atoms with Crippen molar-refractivity contribution in [1.29, 1.82) is 0 Å². The van der Waals surface area contributed by atoms with Crippen molar-refractivity contribution in [2.45, 2.75) is 4.90 Å². The fraction of sp³-hybridized carbons (Fsp3) is 0. The van der Waals surface area contributed by atoms with E-state index in [0.29, 0.717) is 0 Å². The molecular formula is C12H10N4NaO5S+. The first kappa shape index (κ1) is 19.2. The molecule has 2 aromatic rings. The largest absolute Gasteiger partial charge is 1.00 e. The Morgan fingerprint density at radius 3 is 2.52 bits per heavy atom. The predicted octanol–water partition coefficient (Wildman–Crippen LogP) is -1.31. The van der Waals surface area contributed by atoms with E-state index in [1.807, 2.05) is 0 Å². The number of nitrogens with one attached hydrogen (secondary N) is 1. The molecule has 0 aliphatic carbocycles. The maximum atomic E-state index is 11.2. The normalized spacial score (nSPS) is 11.0. The molecule has 0 radical (unpaired) electrons. The minimum atomic E-state index is -4.35. The Kier molecular flexibility index (Phi) is 6.79. The van der Waals surface area contributed by atoms with Crippen LogP contribution in [-0.2, 0) is 10.1 Å². The number of pyridine rings is 1. The predicted molar refractivity (Wildman–Crippen MR) is 78.4 cm³/mol. The van der Waals surface area contributed by atoms with Crippen molar-refractivity contribution in [2.75, 3.05) is 5.43 Å². The second-order valence-corrected chi connectivity index (χ2v) is 5.43. The molecule has 23 heavy (non-hydrogen) atoms. The summed E-state index contributed by atoms with van der Waals surface area (Å²) in [6.45, 7) is 0. The fourth-order valence-corrected chi connectivity index (χ4v) is 2.22. The Morgan fingerprint density at radius 2 is 1.96 bits per heavy atom. The summed E-state index contributed by atoms with van der Waals surface area (Å²) >= 11 is 0. The van der Waals surface area contributed by atoms with E-state index in [4.69, 9.17) is 4.55 Å². The number of anilines is 1. The molecule has 2 N–H and O–H groups in total. The second kappa shape index (κ2) is 8.13. The number of hydrogen-bond acceptors (Lipinski definition) is 7. The van der Waals surface area contributed by atoms with Gasteiger partial charge in [0.25, 0.3) is 15.8 Å². The van der Waals surface area contributed by atoms with Crippen LogP contribution in [0.25, 0.3) is 0 Å². The Labute approximate surface area is 153 Å². The Hall–Kier alpha value is -1.85. The van der Waals surface area contributed by atoms with Crippen LogP contribution in [0.5, 0.6) is 0 Å². The first-order chi connectivity index (χ1) is 10.4. The fourth-order valence-electron chi connectivity index (χ4n) is 1.55. The van der Waals surface area contributed by atoms with Gasteiger partial charge in [-0.2, -0.15) is 13.5 Å². The molecule has 0 bridgehead atoms. The molecule has 2 rings (SSSR count). The molecule has 0 saturated carbocycles. The van der Waals surface area contributed by atoms with E-state index >= 15 is 0 Å². The standard InChI is InChI=1S/C12H10N4O5S.Na/c17-16(18)10-5-6-12(13-8-10)15-14-7-9-3-1-2-4-11(9)22(19,20)21;/h1-8H,(H,13,15)(H,19,20,21);/q;+1/b14-7-;. The molecule has 9 nitrogen and oxygen atoms in total. The third-order valence-electron chi connectivity index (χ3n) is 2.54. The maximum Gasteiger partial charge on any atom is 1.00 e. The monoisotopic (exact) mass is 345 g/mol. The van der Waals surface area contributed by atoms with Crippen molar-refractivity contribution in [1.82, 2.24) is 4.98 Å². The molecule has 0 fully saturated rings. The molecule has 0 aliphatic rings. The van der Waals surface area contributed by atoms with Crippen molar-refractivity contribution < 1.29 is 47.5 Å². The van der Waals surface area contributed by atoms with E-state index < -0.39 is 15.0 Å². The number of nitro groups is 1. The molecule has 0 atom stereocenters. The third kappa shape index (κ3) is 5.37. The van der Waals surface area contributed by atoms with Gasteiger partial charge in [-0.3, -0.25) is 20.1 Å². The third-order valence-corrected chi connectivity index (χ3v) is 3.47. The zero-order chi connectivity index (χ0) is 16.2. The van der Waals surface area contributed by atoms with Crippen LogP contribution in [0.3, 0.4) is 0 Å². The van der Waals surface area contributed by atoms with Gasteiger partial charge in [0, 0.05) is 11.6 Å². The second-order valence-electron chi connectivity index (χ2n) is 4.04. The summed E-state index contributed by atoms with van der Waals surface area (Å²) in [5.74, 6) is 0.242. The molecule has 0 saturated heterocycles. The minimum absolute atomic E-state index is 0. The van der Waals surface area contributed by atoms with Gasteiger partial charge in [-0.1, -0.05) is 18.2 Å². The van der Waals surface area contributed by atoms with Crippen LogP contribution in [-0.4, -0.2) is 29.1 Å².